The average Bonchev–Trinajstić information content (AvgIpc) is 2.22. The van der Waals surface area contributed by atoms with Gasteiger partial charge in [-0.3, -0.25) is 0 Å². The van der Waals surface area contributed by atoms with Crippen molar-refractivity contribution in [1.29, 1.82) is 0 Å². The molecule has 0 bridgehead atoms. The summed E-state index contributed by atoms with van der Waals surface area (Å²) in [4.78, 5) is 7.86. The van der Waals surface area contributed by atoms with E-state index in [-0.39, 0.29) is 5.28 Å². The molecule has 2 rings (SSSR count). The fraction of sp³-hybridized carbons (Fsp3) is 0. The summed E-state index contributed by atoms with van der Waals surface area (Å²) >= 11 is 12.5. The van der Waals surface area contributed by atoms with Crippen LogP contribution in [0.4, 0.5) is 11.5 Å². The Morgan fingerprint density at radius 2 is 2.00 bits per heavy atom. The minimum absolute atomic E-state index is 0.221. The Labute approximate surface area is 115 Å². The van der Waals surface area contributed by atoms with Gasteiger partial charge >= 0.3 is 0 Å². The fourth-order valence-corrected chi connectivity index (χ4v) is 2.43. The van der Waals surface area contributed by atoms with Crippen LogP contribution < -0.4 is 5.32 Å². The van der Waals surface area contributed by atoms with Gasteiger partial charge in [0.25, 0.3) is 0 Å². The van der Waals surface area contributed by atoms with Gasteiger partial charge in [0.1, 0.15) is 5.82 Å². The van der Waals surface area contributed by atoms with E-state index in [1.54, 1.807) is 12.3 Å². The molecule has 82 valence electrons. The van der Waals surface area contributed by atoms with Crippen LogP contribution in [-0.4, -0.2) is 9.97 Å². The van der Waals surface area contributed by atoms with Crippen molar-refractivity contribution < 1.29 is 0 Å². The molecule has 0 aliphatic carbocycles. The molecule has 1 aromatic carbocycles. The number of nitrogens with one attached hydrogen (secondary N) is 1. The molecule has 0 atom stereocenters. The maximum atomic E-state index is 5.69. The molecule has 0 aliphatic rings. The number of nitrogens with zero attached hydrogens (tertiary/aromatic N) is 2. The van der Waals surface area contributed by atoms with Crippen molar-refractivity contribution in [2.45, 2.75) is 0 Å². The summed E-state index contributed by atoms with van der Waals surface area (Å²) in [5.41, 5.74) is 0.915. The molecule has 1 N–H and O–H groups in total. The quantitative estimate of drug-likeness (QED) is 0.804. The van der Waals surface area contributed by atoms with Crippen LogP contribution >= 0.6 is 43.5 Å². The smallest absolute Gasteiger partial charge is 0.224 e. The Morgan fingerprint density at radius 3 is 2.69 bits per heavy atom. The topological polar surface area (TPSA) is 37.8 Å². The normalized spacial score (nSPS) is 10.2. The van der Waals surface area contributed by atoms with Crippen LogP contribution in [-0.2, 0) is 0 Å². The molecule has 0 fully saturated rings. The van der Waals surface area contributed by atoms with E-state index in [2.05, 4.69) is 47.1 Å². The number of hydrogen-bond donors (Lipinski definition) is 1. The summed E-state index contributed by atoms with van der Waals surface area (Å²) in [6, 6.07) is 7.57. The molecule has 2 aromatic rings. The Balaban J connectivity index is 2.27. The van der Waals surface area contributed by atoms with Crippen LogP contribution in [0, 0.1) is 0 Å². The summed E-state index contributed by atoms with van der Waals surface area (Å²) in [7, 11) is 0. The third-order valence-electron chi connectivity index (χ3n) is 1.82. The molecule has 0 aliphatic heterocycles. The second-order valence-corrected chi connectivity index (χ2v) is 5.07. The first-order valence-corrected chi connectivity index (χ1v) is 6.32. The lowest BCUT2D eigenvalue weighted by molar-refractivity contribution is 1.17. The Kier molecular flexibility index (Phi) is 3.78. The highest BCUT2D eigenvalue weighted by atomic mass is 79.9. The first kappa shape index (κ1) is 11.8. The molecule has 1 heterocycles. The second-order valence-electron chi connectivity index (χ2n) is 2.96. The van der Waals surface area contributed by atoms with Gasteiger partial charge in [-0.15, -0.1) is 0 Å². The van der Waals surface area contributed by atoms with Crippen LogP contribution in [0.2, 0.25) is 5.28 Å². The zero-order chi connectivity index (χ0) is 11.5. The molecule has 1 aromatic heterocycles. The lowest BCUT2D eigenvalue weighted by Gasteiger charge is -2.07. The zero-order valence-corrected chi connectivity index (χ0v) is 11.8. The number of benzene rings is 1. The summed E-state index contributed by atoms with van der Waals surface area (Å²) in [5.74, 6) is 0.656. The lowest BCUT2D eigenvalue weighted by atomic mass is 10.3. The molecule has 0 saturated carbocycles. The van der Waals surface area contributed by atoms with Crippen molar-refractivity contribution >= 4 is 55.0 Å². The molecule has 0 amide bonds. The van der Waals surface area contributed by atoms with Crippen molar-refractivity contribution in [3.8, 4) is 0 Å². The maximum Gasteiger partial charge on any atom is 0.224 e. The van der Waals surface area contributed by atoms with E-state index in [0.29, 0.717) is 5.82 Å². The van der Waals surface area contributed by atoms with Gasteiger partial charge < -0.3 is 5.32 Å². The van der Waals surface area contributed by atoms with E-state index < -0.39 is 0 Å². The van der Waals surface area contributed by atoms with E-state index in [1.807, 2.05) is 18.2 Å². The van der Waals surface area contributed by atoms with Gasteiger partial charge in [-0.2, -0.15) is 0 Å². The van der Waals surface area contributed by atoms with Gasteiger partial charge in [0.15, 0.2) is 0 Å². The van der Waals surface area contributed by atoms with Gasteiger partial charge in [-0.1, -0.05) is 15.9 Å². The molecule has 0 spiro atoms. The molecule has 0 saturated heterocycles. The highest BCUT2D eigenvalue weighted by Gasteiger charge is 2.02. The minimum Gasteiger partial charge on any atom is -0.339 e. The summed E-state index contributed by atoms with van der Waals surface area (Å²) in [6.07, 6.45) is 1.60. The number of hydrogen-bond acceptors (Lipinski definition) is 3. The van der Waals surface area contributed by atoms with Gasteiger partial charge in [-0.25, -0.2) is 9.97 Å². The molecular weight excluding hydrogens is 357 g/mol. The Hall–Kier alpha value is -0.650. The SMILES string of the molecule is Clc1nccc(Nc2ccc(Br)cc2Br)n1. The highest BCUT2D eigenvalue weighted by molar-refractivity contribution is 9.11. The van der Waals surface area contributed by atoms with Crippen molar-refractivity contribution in [2.24, 2.45) is 0 Å². The number of halogens is 3. The standard InChI is InChI=1S/C10H6Br2ClN3/c11-6-1-2-8(7(12)5-6)15-9-3-4-14-10(13)16-9/h1-5H,(H,14,15,16). The first-order chi connectivity index (χ1) is 7.65. The van der Waals surface area contributed by atoms with Crippen molar-refractivity contribution in [2.75, 3.05) is 5.32 Å². The lowest BCUT2D eigenvalue weighted by Crippen LogP contribution is -1.95. The molecule has 3 nitrogen and oxygen atoms in total. The zero-order valence-electron chi connectivity index (χ0n) is 7.92. The van der Waals surface area contributed by atoms with Crippen LogP contribution in [0.15, 0.2) is 39.4 Å². The molecule has 16 heavy (non-hydrogen) atoms. The minimum atomic E-state index is 0.221. The van der Waals surface area contributed by atoms with Gasteiger partial charge in [-0.05, 0) is 51.8 Å². The summed E-state index contributed by atoms with van der Waals surface area (Å²) < 4.78 is 1.95. The molecule has 0 radical (unpaired) electrons. The fourth-order valence-electron chi connectivity index (χ4n) is 1.13. The predicted molar refractivity (Wildman–Crippen MR) is 72.2 cm³/mol. The maximum absolute atomic E-state index is 5.69. The van der Waals surface area contributed by atoms with Gasteiger partial charge in [0.05, 0.1) is 5.69 Å². The van der Waals surface area contributed by atoms with Crippen LogP contribution in [0.5, 0.6) is 0 Å². The third-order valence-corrected chi connectivity index (χ3v) is 3.15. The van der Waals surface area contributed by atoms with E-state index in [9.17, 15) is 0 Å². The van der Waals surface area contributed by atoms with Crippen LogP contribution in [0.3, 0.4) is 0 Å². The first-order valence-electron chi connectivity index (χ1n) is 4.36. The number of aromatic nitrogens is 2. The van der Waals surface area contributed by atoms with Crippen molar-refractivity contribution in [1.82, 2.24) is 9.97 Å². The molecule has 6 heteroatoms. The second kappa shape index (κ2) is 5.12. The predicted octanol–water partition coefficient (Wildman–Crippen LogP) is 4.40. The van der Waals surface area contributed by atoms with Gasteiger partial charge in [0, 0.05) is 15.1 Å². The van der Waals surface area contributed by atoms with Crippen LogP contribution in [0.25, 0.3) is 0 Å². The summed E-state index contributed by atoms with van der Waals surface area (Å²) in [5, 5.41) is 3.36. The largest absolute Gasteiger partial charge is 0.339 e. The monoisotopic (exact) mass is 361 g/mol. The van der Waals surface area contributed by atoms with E-state index in [4.69, 9.17) is 11.6 Å². The van der Waals surface area contributed by atoms with Gasteiger partial charge in [0.2, 0.25) is 5.28 Å². The highest BCUT2D eigenvalue weighted by Crippen LogP contribution is 2.28. The van der Waals surface area contributed by atoms with Crippen LogP contribution in [0.1, 0.15) is 0 Å². The van der Waals surface area contributed by atoms with Crippen molar-refractivity contribution in [3.05, 3.63) is 44.7 Å². The summed E-state index contributed by atoms with van der Waals surface area (Å²) in [6.45, 7) is 0. The number of anilines is 2. The Morgan fingerprint density at radius 1 is 1.19 bits per heavy atom. The average molecular weight is 363 g/mol. The number of rotatable bonds is 2. The third kappa shape index (κ3) is 2.93. The van der Waals surface area contributed by atoms with Crippen molar-refractivity contribution in [3.63, 3.8) is 0 Å². The van der Waals surface area contributed by atoms with E-state index >= 15 is 0 Å². The van der Waals surface area contributed by atoms with E-state index in [0.717, 1.165) is 14.6 Å². The Bertz CT molecular complexity index is 519. The molecular formula is C10H6Br2ClN3. The van der Waals surface area contributed by atoms with E-state index in [1.165, 1.54) is 0 Å². The molecule has 0 unspecified atom stereocenters.